The smallest absolute Gasteiger partial charge is 0.374 e. The van der Waals surface area contributed by atoms with E-state index in [1.807, 2.05) is 54.0 Å². The van der Waals surface area contributed by atoms with Crippen LogP contribution in [0.3, 0.4) is 0 Å². The number of hydrogen-bond donors (Lipinski definition) is 1. The molecule has 9 nitrogen and oxygen atoms in total. The van der Waals surface area contributed by atoms with E-state index >= 15 is 0 Å². The first kappa shape index (κ1) is 30.4. The van der Waals surface area contributed by atoms with E-state index in [4.69, 9.17) is 14.2 Å². The summed E-state index contributed by atoms with van der Waals surface area (Å²) in [6, 6.07) is 26.4. The quantitative estimate of drug-likeness (QED) is 0.215. The average molecular weight is 606 g/mol. The van der Waals surface area contributed by atoms with E-state index in [0.717, 1.165) is 78.2 Å². The number of aromatic amines is 1. The minimum Gasteiger partial charge on any atom is -0.374 e. The molecule has 0 aliphatic carbocycles. The molecule has 1 aliphatic rings. The maximum absolute atomic E-state index is 14.1. The van der Waals surface area contributed by atoms with Gasteiger partial charge >= 0.3 is 5.76 Å². The fourth-order valence-electron chi connectivity index (χ4n) is 6.07. The molecular weight excluding hydrogens is 566 g/mol. The van der Waals surface area contributed by atoms with E-state index in [9.17, 15) is 9.59 Å². The van der Waals surface area contributed by atoms with Crippen molar-refractivity contribution in [2.24, 2.45) is 0 Å². The third-order valence-electron chi connectivity index (χ3n) is 8.43. The van der Waals surface area contributed by atoms with Crippen LogP contribution >= 0.6 is 0 Å². The topological polar surface area (TPSA) is 106 Å². The monoisotopic (exact) mass is 605 g/mol. The van der Waals surface area contributed by atoms with E-state index < -0.39 is 5.76 Å². The van der Waals surface area contributed by atoms with Gasteiger partial charge in [-0.1, -0.05) is 97.4 Å². The first-order valence-electron chi connectivity index (χ1n) is 15.7. The number of benzene rings is 3. The van der Waals surface area contributed by atoms with Gasteiger partial charge in [0.05, 0.1) is 24.9 Å². The number of nitrogens with zero attached hydrogens (tertiary/aromatic N) is 4. The molecule has 232 valence electrons. The van der Waals surface area contributed by atoms with E-state index in [2.05, 4.69) is 58.4 Å². The summed E-state index contributed by atoms with van der Waals surface area (Å²) in [5.41, 5.74) is 6.62. The second-order valence-corrected chi connectivity index (χ2v) is 11.7. The minimum absolute atomic E-state index is 0.0156. The summed E-state index contributed by atoms with van der Waals surface area (Å²) in [5.74, 6) is 0.527. The summed E-state index contributed by atoms with van der Waals surface area (Å²) in [7, 11) is 0. The lowest BCUT2D eigenvalue weighted by atomic mass is 9.96. The van der Waals surface area contributed by atoms with Crippen LogP contribution in [0.25, 0.3) is 22.5 Å². The number of unbranched alkanes of at least 4 members (excludes halogenated alkanes) is 1. The molecule has 3 aromatic carbocycles. The minimum atomic E-state index is -0.592. The van der Waals surface area contributed by atoms with Crippen LogP contribution in [0.4, 0.5) is 0 Å². The van der Waals surface area contributed by atoms with Gasteiger partial charge in [-0.25, -0.2) is 9.78 Å². The zero-order valence-electron chi connectivity index (χ0n) is 25.9. The maximum Gasteiger partial charge on any atom is 0.439 e. The van der Waals surface area contributed by atoms with E-state index in [-0.39, 0.29) is 11.7 Å². The number of rotatable bonds is 11. The Balaban J connectivity index is 1.24. The molecule has 1 atom stereocenters. The first-order valence-corrected chi connectivity index (χ1v) is 15.7. The molecular formula is C36H39N5O4. The molecule has 0 radical (unpaired) electrons. The third kappa shape index (κ3) is 7.21. The fourth-order valence-corrected chi connectivity index (χ4v) is 6.07. The second-order valence-electron chi connectivity index (χ2n) is 11.7. The number of aryl methyl sites for hydroxylation is 2. The molecule has 1 N–H and O–H groups in total. The highest BCUT2D eigenvalue weighted by Crippen LogP contribution is 2.30. The molecule has 1 saturated heterocycles. The van der Waals surface area contributed by atoms with Crippen molar-refractivity contribution in [2.45, 2.75) is 58.7 Å². The summed E-state index contributed by atoms with van der Waals surface area (Å²) in [4.78, 5) is 35.7. The third-order valence-corrected chi connectivity index (χ3v) is 8.43. The second kappa shape index (κ2) is 14.0. The lowest BCUT2D eigenvalue weighted by Crippen LogP contribution is -2.45. The van der Waals surface area contributed by atoms with Gasteiger partial charge in [-0.05, 0) is 42.0 Å². The van der Waals surface area contributed by atoms with E-state index in [1.54, 1.807) is 0 Å². The number of aromatic nitrogens is 4. The van der Waals surface area contributed by atoms with Crippen molar-refractivity contribution >= 4 is 0 Å². The highest BCUT2D eigenvalue weighted by atomic mass is 16.5. The molecule has 9 heteroatoms. The summed E-state index contributed by atoms with van der Waals surface area (Å²) in [6.07, 6.45) is 3.18. The van der Waals surface area contributed by atoms with Crippen molar-refractivity contribution in [2.75, 3.05) is 19.7 Å². The van der Waals surface area contributed by atoms with Crippen LogP contribution in [0, 0.1) is 6.92 Å². The van der Waals surface area contributed by atoms with Crippen LogP contribution in [0.15, 0.2) is 93.0 Å². The zero-order chi connectivity index (χ0) is 31.2. The average Bonchev–Trinajstić information content (AvgIpc) is 3.50. The van der Waals surface area contributed by atoms with Crippen LogP contribution < -0.4 is 11.3 Å². The lowest BCUT2D eigenvalue weighted by molar-refractivity contribution is -0.0396. The fraction of sp³-hybridized carbons (Fsp3) is 0.333. The molecule has 6 rings (SSSR count). The summed E-state index contributed by atoms with van der Waals surface area (Å²) in [5, 5.41) is 3.87. The highest BCUT2D eigenvalue weighted by Gasteiger charge is 2.24. The van der Waals surface area contributed by atoms with Crippen LogP contribution in [-0.4, -0.2) is 50.4 Å². The van der Waals surface area contributed by atoms with Crippen molar-refractivity contribution in [1.82, 2.24) is 24.6 Å². The standard InChI is InChI=1S/C36H39N5O4/c1-3-4-14-33-32(21-26-15-17-28(18-16-26)30-12-8-9-13-31(30)34-38-36(43)45-39-34)35(42)41(25(2)37-33)24-29-23-40(19-20-44-29)22-27-10-6-5-7-11-27/h5-13,15-18,29H,3-4,14,19-24H2,1-2H3,(H,38,39,43). The number of hydrogen-bond acceptors (Lipinski definition) is 7. The number of morpholine rings is 1. The molecule has 0 saturated carbocycles. The predicted octanol–water partition coefficient (Wildman–Crippen LogP) is 5.40. The Kier molecular flexibility index (Phi) is 9.47. The molecule has 0 amide bonds. The van der Waals surface area contributed by atoms with Gasteiger partial charge in [0.15, 0.2) is 5.82 Å². The Hall–Kier alpha value is -4.60. The Bertz CT molecular complexity index is 1840. The van der Waals surface area contributed by atoms with Crippen LogP contribution in [0.1, 0.15) is 48.0 Å². The van der Waals surface area contributed by atoms with Gasteiger partial charge in [-0.3, -0.25) is 23.8 Å². The molecule has 1 unspecified atom stereocenters. The molecule has 45 heavy (non-hydrogen) atoms. The number of ether oxygens (including phenoxy) is 1. The zero-order valence-corrected chi connectivity index (χ0v) is 25.9. The molecule has 5 aromatic rings. The SMILES string of the molecule is CCCCc1nc(C)n(CC2CN(Cc3ccccc3)CCO2)c(=O)c1Cc1ccc(-c2ccccc2-c2noc(=O)[nH]2)cc1. The number of nitrogens with one attached hydrogen (secondary N) is 1. The van der Waals surface area contributed by atoms with Gasteiger partial charge in [-0.2, -0.15) is 0 Å². The van der Waals surface area contributed by atoms with Crippen molar-refractivity contribution in [3.63, 3.8) is 0 Å². The van der Waals surface area contributed by atoms with Gasteiger partial charge in [-0.15, -0.1) is 0 Å². The van der Waals surface area contributed by atoms with Crippen molar-refractivity contribution in [3.8, 4) is 22.5 Å². The van der Waals surface area contributed by atoms with Crippen molar-refractivity contribution in [3.05, 3.63) is 128 Å². The Labute approximate surface area is 262 Å². The molecule has 1 fully saturated rings. The van der Waals surface area contributed by atoms with E-state index in [1.165, 1.54) is 5.56 Å². The summed E-state index contributed by atoms with van der Waals surface area (Å²) in [6.45, 7) is 7.70. The van der Waals surface area contributed by atoms with Gasteiger partial charge in [0.1, 0.15) is 5.82 Å². The first-order chi connectivity index (χ1) is 22.0. The van der Waals surface area contributed by atoms with Gasteiger partial charge in [0, 0.05) is 37.2 Å². The maximum atomic E-state index is 14.1. The van der Waals surface area contributed by atoms with Crippen LogP contribution in [0.2, 0.25) is 0 Å². The highest BCUT2D eigenvalue weighted by molar-refractivity contribution is 5.80. The number of H-pyrrole nitrogens is 1. The molecule has 2 aromatic heterocycles. The Morgan fingerprint density at radius 1 is 0.933 bits per heavy atom. The predicted molar refractivity (Wildman–Crippen MR) is 174 cm³/mol. The molecule has 0 spiro atoms. The Morgan fingerprint density at radius 2 is 1.69 bits per heavy atom. The van der Waals surface area contributed by atoms with Gasteiger partial charge < -0.3 is 4.74 Å². The normalized spacial score (nSPS) is 15.4. The van der Waals surface area contributed by atoms with Crippen molar-refractivity contribution in [1.29, 1.82) is 0 Å². The molecule has 0 bridgehead atoms. The van der Waals surface area contributed by atoms with Crippen LogP contribution in [0.5, 0.6) is 0 Å². The van der Waals surface area contributed by atoms with Gasteiger partial charge in [0.2, 0.25) is 0 Å². The largest absolute Gasteiger partial charge is 0.439 e. The summed E-state index contributed by atoms with van der Waals surface area (Å²) < 4.78 is 12.7. The molecule has 1 aliphatic heterocycles. The van der Waals surface area contributed by atoms with Gasteiger partial charge in [0.25, 0.3) is 5.56 Å². The summed E-state index contributed by atoms with van der Waals surface area (Å²) >= 11 is 0. The van der Waals surface area contributed by atoms with Crippen LogP contribution in [-0.2, 0) is 30.7 Å². The lowest BCUT2D eigenvalue weighted by Gasteiger charge is -2.33. The Morgan fingerprint density at radius 3 is 2.42 bits per heavy atom. The van der Waals surface area contributed by atoms with Crippen molar-refractivity contribution < 1.29 is 9.26 Å². The van der Waals surface area contributed by atoms with E-state index in [0.29, 0.717) is 25.4 Å². The molecule has 3 heterocycles.